The van der Waals surface area contributed by atoms with Crippen LogP contribution in [0.3, 0.4) is 0 Å². The second-order valence-corrected chi connectivity index (χ2v) is 5.40. The van der Waals surface area contributed by atoms with Crippen molar-refractivity contribution < 1.29 is 4.74 Å². The van der Waals surface area contributed by atoms with Gasteiger partial charge in [0, 0.05) is 18.5 Å². The summed E-state index contributed by atoms with van der Waals surface area (Å²) in [5.41, 5.74) is 1.33. The molecule has 1 aliphatic rings. The molecule has 1 aliphatic heterocycles. The van der Waals surface area contributed by atoms with Gasteiger partial charge in [0.25, 0.3) is 0 Å². The molecule has 1 N–H and O–H groups in total. The van der Waals surface area contributed by atoms with Crippen molar-refractivity contribution in [3.8, 4) is 0 Å². The number of halogens is 1. The number of hydrogen-bond donors (Lipinski definition) is 1. The molecule has 3 heteroatoms. The summed E-state index contributed by atoms with van der Waals surface area (Å²) in [5, 5.41) is 3.52. The van der Waals surface area contributed by atoms with Crippen LogP contribution in [0, 0.1) is 0 Å². The molecule has 2 rings (SSSR count). The third kappa shape index (κ3) is 4.27. The Hall–Kier alpha value is -0.570. The zero-order valence-corrected chi connectivity index (χ0v) is 11.7. The van der Waals surface area contributed by atoms with Crippen molar-refractivity contribution in [1.82, 2.24) is 5.32 Å². The molecular formula is C15H22ClNO. The Bertz CT molecular complexity index is 344. The number of rotatable bonds is 6. The first kappa shape index (κ1) is 13.9. The molecule has 0 bridgehead atoms. The smallest absolute Gasteiger partial charge is 0.0704 e. The first-order chi connectivity index (χ1) is 8.78. The van der Waals surface area contributed by atoms with E-state index in [-0.39, 0.29) is 0 Å². The topological polar surface area (TPSA) is 21.3 Å². The van der Waals surface area contributed by atoms with E-state index in [0.29, 0.717) is 24.1 Å². The largest absolute Gasteiger partial charge is 0.374 e. The van der Waals surface area contributed by atoms with Crippen molar-refractivity contribution in [2.24, 2.45) is 0 Å². The normalized spacial score (nSPS) is 25.2. The number of ether oxygens (including phenoxy) is 1. The highest BCUT2D eigenvalue weighted by Gasteiger charge is 2.22. The van der Waals surface area contributed by atoms with Gasteiger partial charge in [-0.15, -0.1) is 11.6 Å². The molecular weight excluding hydrogens is 246 g/mol. The van der Waals surface area contributed by atoms with Gasteiger partial charge in [-0.1, -0.05) is 30.3 Å². The van der Waals surface area contributed by atoms with Crippen LogP contribution in [-0.2, 0) is 11.2 Å². The van der Waals surface area contributed by atoms with Gasteiger partial charge in [0.05, 0.1) is 12.2 Å². The average Bonchev–Trinajstić information content (AvgIpc) is 2.81. The molecule has 3 unspecified atom stereocenters. The molecule has 0 aliphatic carbocycles. The molecule has 2 nitrogen and oxygen atoms in total. The standard InChI is InChI=1S/C15H22ClNO/c1-12-7-8-15(18-12)11-17-14(10-16)9-13-5-3-2-4-6-13/h2-6,12,14-15,17H,7-11H2,1H3. The molecule has 1 saturated heterocycles. The first-order valence-electron chi connectivity index (χ1n) is 6.76. The lowest BCUT2D eigenvalue weighted by Crippen LogP contribution is -2.38. The molecule has 3 atom stereocenters. The number of hydrogen-bond acceptors (Lipinski definition) is 2. The van der Waals surface area contributed by atoms with Crippen LogP contribution in [0.2, 0.25) is 0 Å². The van der Waals surface area contributed by atoms with Gasteiger partial charge in [-0.2, -0.15) is 0 Å². The molecule has 100 valence electrons. The molecule has 0 spiro atoms. The van der Waals surface area contributed by atoms with Gasteiger partial charge >= 0.3 is 0 Å². The summed E-state index contributed by atoms with van der Waals surface area (Å²) < 4.78 is 5.80. The summed E-state index contributed by atoms with van der Waals surface area (Å²) in [4.78, 5) is 0. The van der Waals surface area contributed by atoms with Crippen LogP contribution in [0.15, 0.2) is 30.3 Å². The maximum Gasteiger partial charge on any atom is 0.0704 e. The van der Waals surface area contributed by atoms with Gasteiger partial charge < -0.3 is 10.1 Å². The molecule has 0 radical (unpaired) electrons. The van der Waals surface area contributed by atoms with E-state index in [4.69, 9.17) is 16.3 Å². The van der Waals surface area contributed by atoms with E-state index in [2.05, 4.69) is 36.5 Å². The highest BCUT2D eigenvalue weighted by Crippen LogP contribution is 2.18. The van der Waals surface area contributed by atoms with E-state index in [9.17, 15) is 0 Å². The molecule has 0 saturated carbocycles. The summed E-state index contributed by atoms with van der Waals surface area (Å²) in [5.74, 6) is 0.636. The van der Waals surface area contributed by atoms with E-state index in [1.165, 1.54) is 12.0 Å². The second-order valence-electron chi connectivity index (χ2n) is 5.10. The fourth-order valence-corrected chi connectivity index (χ4v) is 2.63. The predicted octanol–water partition coefficient (Wildman–Crippen LogP) is 2.99. The van der Waals surface area contributed by atoms with Gasteiger partial charge in [-0.05, 0) is 31.7 Å². The zero-order valence-electron chi connectivity index (χ0n) is 10.9. The van der Waals surface area contributed by atoms with Crippen LogP contribution in [-0.4, -0.2) is 30.7 Å². The summed E-state index contributed by atoms with van der Waals surface area (Å²) in [6.45, 7) is 3.05. The van der Waals surface area contributed by atoms with Crippen molar-refractivity contribution in [1.29, 1.82) is 0 Å². The molecule has 0 aromatic heterocycles. The summed E-state index contributed by atoms with van der Waals surface area (Å²) in [6.07, 6.45) is 4.10. The Morgan fingerprint density at radius 2 is 2.11 bits per heavy atom. The molecule has 1 aromatic rings. The first-order valence-corrected chi connectivity index (χ1v) is 7.30. The third-order valence-corrected chi connectivity index (χ3v) is 3.84. The van der Waals surface area contributed by atoms with Crippen LogP contribution in [0.4, 0.5) is 0 Å². The second kappa shape index (κ2) is 7.13. The van der Waals surface area contributed by atoms with Crippen molar-refractivity contribution in [2.75, 3.05) is 12.4 Å². The Morgan fingerprint density at radius 1 is 1.33 bits per heavy atom. The number of benzene rings is 1. The van der Waals surface area contributed by atoms with Crippen LogP contribution < -0.4 is 5.32 Å². The van der Waals surface area contributed by atoms with E-state index in [1.807, 2.05) is 6.07 Å². The molecule has 0 amide bonds. The molecule has 1 aromatic carbocycles. The van der Waals surface area contributed by atoms with Crippen LogP contribution >= 0.6 is 11.6 Å². The SMILES string of the molecule is CC1CCC(CNC(CCl)Cc2ccccc2)O1. The predicted molar refractivity (Wildman–Crippen MR) is 76.2 cm³/mol. The quantitative estimate of drug-likeness (QED) is 0.800. The third-order valence-electron chi connectivity index (χ3n) is 3.47. The maximum atomic E-state index is 6.03. The Labute approximate surface area is 115 Å². The fraction of sp³-hybridized carbons (Fsp3) is 0.600. The van der Waals surface area contributed by atoms with Crippen LogP contribution in [0.5, 0.6) is 0 Å². The van der Waals surface area contributed by atoms with Gasteiger partial charge in [0.15, 0.2) is 0 Å². The number of nitrogens with one attached hydrogen (secondary N) is 1. The van der Waals surface area contributed by atoms with E-state index in [0.717, 1.165) is 19.4 Å². The average molecular weight is 268 g/mol. The molecule has 1 heterocycles. The highest BCUT2D eigenvalue weighted by atomic mass is 35.5. The van der Waals surface area contributed by atoms with Gasteiger partial charge in [0.2, 0.25) is 0 Å². The summed E-state index contributed by atoms with van der Waals surface area (Å²) >= 11 is 6.03. The highest BCUT2D eigenvalue weighted by molar-refractivity contribution is 6.18. The van der Waals surface area contributed by atoms with Crippen LogP contribution in [0.25, 0.3) is 0 Å². The van der Waals surface area contributed by atoms with E-state index in [1.54, 1.807) is 0 Å². The summed E-state index contributed by atoms with van der Waals surface area (Å²) in [6, 6.07) is 10.8. The van der Waals surface area contributed by atoms with Crippen LogP contribution in [0.1, 0.15) is 25.3 Å². The Morgan fingerprint density at radius 3 is 2.72 bits per heavy atom. The van der Waals surface area contributed by atoms with Gasteiger partial charge in [-0.3, -0.25) is 0 Å². The van der Waals surface area contributed by atoms with Crippen molar-refractivity contribution in [3.05, 3.63) is 35.9 Å². The maximum absolute atomic E-state index is 6.03. The minimum atomic E-state index is 0.327. The summed E-state index contributed by atoms with van der Waals surface area (Å²) in [7, 11) is 0. The fourth-order valence-electron chi connectivity index (χ4n) is 2.41. The zero-order chi connectivity index (χ0) is 12.8. The lowest BCUT2D eigenvalue weighted by molar-refractivity contribution is 0.0547. The Balaban J connectivity index is 1.75. The minimum Gasteiger partial charge on any atom is -0.374 e. The lowest BCUT2D eigenvalue weighted by atomic mass is 10.1. The van der Waals surface area contributed by atoms with Crippen molar-refractivity contribution in [3.63, 3.8) is 0 Å². The van der Waals surface area contributed by atoms with Crippen molar-refractivity contribution >= 4 is 11.6 Å². The van der Waals surface area contributed by atoms with E-state index >= 15 is 0 Å². The van der Waals surface area contributed by atoms with Crippen molar-refractivity contribution in [2.45, 2.75) is 44.4 Å². The van der Waals surface area contributed by atoms with Gasteiger partial charge in [-0.25, -0.2) is 0 Å². The number of alkyl halides is 1. The van der Waals surface area contributed by atoms with E-state index < -0.39 is 0 Å². The lowest BCUT2D eigenvalue weighted by Gasteiger charge is -2.19. The molecule has 1 fully saturated rings. The Kier molecular flexibility index (Phi) is 5.48. The minimum absolute atomic E-state index is 0.327. The monoisotopic (exact) mass is 267 g/mol. The molecule has 18 heavy (non-hydrogen) atoms. The van der Waals surface area contributed by atoms with Gasteiger partial charge in [0.1, 0.15) is 0 Å².